The highest BCUT2D eigenvalue weighted by Gasteiger charge is 2.17. The SMILES string of the molecule is Cc1[nH]c2ccccc2c1C(=O)COC(=O)Cc1ccccc1. The number of carbonyl (C=O) groups is 2. The summed E-state index contributed by atoms with van der Waals surface area (Å²) >= 11 is 0. The largest absolute Gasteiger partial charge is 0.457 e. The molecular formula is C19H17NO3. The number of esters is 1. The van der Waals surface area contributed by atoms with Gasteiger partial charge in [0.1, 0.15) is 0 Å². The number of benzene rings is 2. The highest BCUT2D eigenvalue weighted by Crippen LogP contribution is 2.22. The van der Waals surface area contributed by atoms with Crippen LogP contribution in [0.2, 0.25) is 0 Å². The number of aryl methyl sites for hydroxylation is 1. The van der Waals surface area contributed by atoms with Crippen molar-refractivity contribution in [2.24, 2.45) is 0 Å². The number of hydrogen-bond acceptors (Lipinski definition) is 3. The molecule has 4 heteroatoms. The second-order valence-electron chi connectivity index (χ2n) is 5.42. The Hall–Kier alpha value is -2.88. The molecule has 0 unspecified atom stereocenters. The van der Waals surface area contributed by atoms with Crippen LogP contribution in [0, 0.1) is 6.92 Å². The molecule has 4 nitrogen and oxygen atoms in total. The number of ketones is 1. The smallest absolute Gasteiger partial charge is 0.310 e. The monoisotopic (exact) mass is 307 g/mol. The second kappa shape index (κ2) is 6.48. The van der Waals surface area contributed by atoms with Crippen LogP contribution in [0.1, 0.15) is 21.6 Å². The maximum atomic E-state index is 12.4. The molecule has 0 bridgehead atoms. The van der Waals surface area contributed by atoms with Gasteiger partial charge >= 0.3 is 5.97 Å². The summed E-state index contributed by atoms with van der Waals surface area (Å²) in [6.45, 7) is 1.60. The molecule has 2 aromatic carbocycles. The van der Waals surface area contributed by atoms with Crippen LogP contribution < -0.4 is 0 Å². The fourth-order valence-electron chi connectivity index (χ4n) is 2.67. The van der Waals surface area contributed by atoms with Crippen molar-refractivity contribution < 1.29 is 14.3 Å². The average molecular weight is 307 g/mol. The number of rotatable bonds is 5. The van der Waals surface area contributed by atoms with Crippen molar-refractivity contribution in [1.29, 1.82) is 0 Å². The van der Waals surface area contributed by atoms with Gasteiger partial charge in [-0.05, 0) is 18.6 Å². The number of ether oxygens (including phenoxy) is 1. The minimum Gasteiger partial charge on any atom is -0.457 e. The Labute approximate surface area is 134 Å². The van der Waals surface area contributed by atoms with Gasteiger partial charge in [0.2, 0.25) is 5.78 Å². The van der Waals surface area contributed by atoms with Gasteiger partial charge in [0.05, 0.1) is 6.42 Å². The first-order valence-corrected chi connectivity index (χ1v) is 7.45. The number of fused-ring (bicyclic) bond motifs is 1. The first-order chi connectivity index (χ1) is 11.1. The van der Waals surface area contributed by atoms with E-state index >= 15 is 0 Å². The van der Waals surface area contributed by atoms with Crippen molar-refractivity contribution in [3.05, 3.63) is 71.4 Å². The molecule has 0 atom stereocenters. The van der Waals surface area contributed by atoms with Crippen LogP contribution in [-0.4, -0.2) is 23.3 Å². The number of H-pyrrole nitrogens is 1. The lowest BCUT2D eigenvalue weighted by Gasteiger charge is -2.05. The number of Topliss-reactive ketones (excluding diaryl/α,β-unsaturated/α-hetero) is 1. The standard InChI is InChI=1S/C19H17NO3/c1-13-19(15-9-5-6-10-16(15)20-13)17(21)12-23-18(22)11-14-7-3-2-4-8-14/h2-10,20H,11-12H2,1H3. The predicted octanol–water partition coefficient (Wildman–Crippen LogP) is 3.44. The average Bonchev–Trinajstić information content (AvgIpc) is 2.89. The molecular weight excluding hydrogens is 290 g/mol. The van der Waals surface area contributed by atoms with Crippen LogP contribution in [0.15, 0.2) is 54.6 Å². The van der Waals surface area contributed by atoms with Crippen LogP contribution in [0.25, 0.3) is 10.9 Å². The normalized spacial score (nSPS) is 10.7. The lowest BCUT2D eigenvalue weighted by molar-refractivity contribution is -0.141. The van der Waals surface area contributed by atoms with Gasteiger partial charge in [-0.1, -0.05) is 48.5 Å². The molecule has 1 N–H and O–H groups in total. The first kappa shape index (κ1) is 15.0. The Kier molecular flexibility index (Phi) is 4.24. The third-order valence-electron chi connectivity index (χ3n) is 3.73. The fraction of sp³-hybridized carbons (Fsp3) is 0.158. The van der Waals surface area contributed by atoms with E-state index in [9.17, 15) is 9.59 Å². The molecule has 0 aliphatic carbocycles. The number of aromatic nitrogens is 1. The van der Waals surface area contributed by atoms with Crippen LogP contribution >= 0.6 is 0 Å². The Bertz CT molecular complexity index is 849. The molecule has 116 valence electrons. The van der Waals surface area contributed by atoms with Crippen molar-refractivity contribution in [2.45, 2.75) is 13.3 Å². The minimum atomic E-state index is -0.401. The van der Waals surface area contributed by atoms with E-state index in [0.717, 1.165) is 22.2 Å². The quantitative estimate of drug-likeness (QED) is 0.580. The summed E-state index contributed by atoms with van der Waals surface area (Å²) < 4.78 is 5.13. The first-order valence-electron chi connectivity index (χ1n) is 7.45. The number of aromatic amines is 1. The molecule has 0 aliphatic rings. The van der Waals surface area contributed by atoms with E-state index in [2.05, 4.69) is 4.98 Å². The Morgan fingerprint density at radius 1 is 1.00 bits per heavy atom. The van der Waals surface area contributed by atoms with E-state index in [1.165, 1.54) is 0 Å². The predicted molar refractivity (Wildman–Crippen MR) is 88.5 cm³/mol. The number of nitrogens with one attached hydrogen (secondary N) is 1. The highest BCUT2D eigenvalue weighted by molar-refractivity contribution is 6.10. The van der Waals surface area contributed by atoms with Crippen LogP contribution in [0.4, 0.5) is 0 Å². The van der Waals surface area contributed by atoms with E-state index in [1.54, 1.807) is 0 Å². The van der Waals surface area contributed by atoms with Gasteiger partial charge in [-0.25, -0.2) is 0 Å². The van der Waals surface area contributed by atoms with Gasteiger partial charge in [0.15, 0.2) is 6.61 Å². The Morgan fingerprint density at radius 2 is 1.70 bits per heavy atom. The summed E-state index contributed by atoms with van der Waals surface area (Å²) in [5.41, 5.74) is 3.15. The molecule has 0 saturated carbocycles. The molecule has 1 heterocycles. The molecule has 0 aliphatic heterocycles. The molecule has 0 spiro atoms. The molecule has 23 heavy (non-hydrogen) atoms. The van der Waals surface area contributed by atoms with Gasteiger partial charge in [-0.2, -0.15) is 0 Å². The summed E-state index contributed by atoms with van der Waals surface area (Å²) in [5, 5.41) is 0.856. The Balaban J connectivity index is 1.67. The maximum absolute atomic E-state index is 12.4. The topological polar surface area (TPSA) is 59.2 Å². The van der Waals surface area contributed by atoms with Crippen LogP contribution in [-0.2, 0) is 16.0 Å². The molecule has 0 radical (unpaired) electrons. The highest BCUT2D eigenvalue weighted by atomic mass is 16.5. The van der Waals surface area contributed by atoms with Gasteiger partial charge in [0, 0.05) is 22.2 Å². The fourth-order valence-corrected chi connectivity index (χ4v) is 2.67. The van der Waals surface area contributed by atoms with Crippen LogP contribution in [0.5, 0.6) is 0 Å². The zero-order chi connectivity index (χ0) is 16.2. The zero-order valence-electron chi connectivity index (χ0n) is 12.8. The van der Waals surface area contributed by atoms with Gasteiger partial charge in [-0.15, -0.1) is 0 Å². The summed E-state index contributed by atoms with van der Waals surface area (Å²) in [7, 11) is 0. The summed E-state index contributed by atoms with van der Waals surface area (Å²) in [6.07, 6.45) is 0.168. The van der Waals surface area contributed by atoms with Gasteiger partial charge < -0.3 is 9.72 Å². The van der Waals surface area contributed by atoms with Gasteiger partial charge in [-0.3, -0.25) is 9.59 Å². The maximum Gasteiger partial charge on any atom is 0.310 e. The molecule has 3 aromatic rings. The van der Waals surface area contributed by atoms with E-state index in [0.29, 0.717) is 5.56 Å². The van der Waals surface area contributed by atoms with Crippen molar-refractivity contribution >= 4 is 22.7 Å². The second-order valence-corrected chi connectivity index (χ2v) is 5.42. The third kappa shape index (κ3) is 3.31. The van der Waals surface area contributed by atoms with E-state index < -0.39 is 5.97 Å². The lowest BCUT2D eigenvalue weighted by atomic mass is 10.1. The Morgan fingerprint density at radius 3 is 2.48 bits per heavy atom. The van der Waals surface area contributed by atoms with Crippen LogP contribution in [0.3, 0.4) is 0 Å². The molecule has 3 rings (SSSR count). The van der Waals surface area contributed by atoms with E-state index in [1.807, 2.05) is 61.5 Å². The number of para-hydroxylation sites is 1. The van der Waals surface area contributed by atoms with Crippen molar-refractivity contribution in [3.63, 3.8) is 0 Å². The lowest BCUT2D eigenvalue weighted by Crippen LogP contribution is -2.16. The van der Waals surface area contributed by atoms with Crippen molar-refractivity contribution in [3.8, 4) is 0 Å². The molecule has 0 amide bonds. The molecule has 0 fully saturated rings. The summed E-state index contributed by atoms with van der Waals surface area (Å²) in [5.74, 6) is -0.594. The summed E-state index contributed by atoms with van der Waals surface area (Å²) in [6, 6.07) is 16.9. The van der Waals surface area contributed by atoms with Gasteiger partial charge in [0.25, 0.3) is 0 Å². The molecule has 1 aromatic heterocycles. The number of carbonyl (C=O) groups excluding carboxylic acids is 2. The summed E-state index contributed by atoms with van der Waals surface area (Å²) in [4.78, 5) is 27.4. The molecule has 0 saturated heterocycles. The van der Waals surface area contributed by atoms with Crippen molar-refractivity contribution in [1.82, 2.24) is 4.98 Å². The van der Waals surface area contributed by atoms with Crippen molar-refractivity contribution in [2.75, 3.05) is 6.61 Å². The third-order valence-corrected chi connectivity index (χ3v) is 3.73. The van der Waals surface area contributed by atoms with E-state index in [4.69, 9.17) is 4.74 Å². The van der Waals surface area contributed by atoms with E-state index in [-0.39, 0.29) is 18.8 Å². The zero-order valence-corrected chi connectivity index (χ0v) is 12.8. The number of hydrogen-bond donors (Lipinski definition) is 1. The minimum absolute atomic E-state index is 0.168.